The van der Waals surface area contributed by atoms with Crippen molar-refractivity contribution >= 4 is 5.69 Å². The molecule has 0 aliphatic carbocycles. The van der Waals surface area contributed by atoms with Crippen LogP contribution in [0.1, 0.15) is 5.56 Å². The van der Waals surface area contributed by atoms with E-state index < -0.39 is 0 Å². The summed E-state index contributed by atoms with van der Waals surface area (Å²) in [6.45, 7) is 0.793. The zero-order valence-corrected chi connectivity index (χ0v) is 8.73. The van der Waals surface area contributed by atoms with Crippen molar-refractivity contribution in [2.45, 2.75) is 6.54 Å². The molecule has 14 heavy (non-hydrogen) atoms. The molecule has 1 aromatic rings. The third-order valence-corrected chi connectivity index (χ3v) is 1.78. The fraction of sp³-hybridized carbons (Fsp3) is 0.400. The van der Waals surface area contributed by atoms with Gasteiger partial charge in [0.25, 0.3) is 5.69 Å². The van der Waals surface area contributed by atoms with E-state index >= 15 is 0 Å². The average Bonchev–Trinajstić information content (AvgIpc) is 2.01. The van der Waals surface area contributed by atoms with E-state index in [1.54, 1.807) is 12.1 Å². The minimum Gasteiger partial charge on any atom is -0.327 e. The lowest BCUT2D eigenvalue weighted by molar-refractivity contribution is -0.884. The minimum atomic E-state index is -0.362. The maximum absolute atomic E-state index is 10.5. The first kappa shape index (κ1) is 10.7. The Bertz CT molecular complexity index is 342. The first-order valence-electron chi connectivity index (χ1n) is 4.42. The Morgan fingerprint density at radius 3 is 2.50 bits per heavy atom. The summed E-state index contributed by atoms with van der Waals surface area (Å²) < 4.78 is 0.765. The molecule has 0 aromatic heterocycles. The maximum Gasteiger partial charge on any atom is 0.269 e. The molecule has 1 aromatic carbocycles. The van der Waals surface area contributed by atoms with Gasteiger partial charge in [-0.25, -0.2) is 0 Å². The molecule has 0 saturated carbocycles. The number of hydrogen-bond donors (Lipinski definition) is 0. The van der Waals surface area contributed by atoms with Crippen molar-refractivity contribution in [3.8, 4) is 0 Å². The van der Waals surface area contributed by atoms with Crippen LogP contribution in [0.2, 0.25) is 0 Å². The van der Waals surface area contributed by atoms with Crippen LogP contribution in [0.5, 0.6) is 0 Å². The van der Waals surface area contributed by atoms with Gasteiger partial charge in [-0.3, -0.25) is 10.1 Å². The van der Waals surface area contributed by atoms with Crippen LogP contribution in [0.25, 0.3) is 0 Å². The van der Waals surface area contributed by atoms with Crippen molar-refractivity contribution in [3.63, 3.8) is 0 Å². The maximum atomic E-state index is 10.5. The number of hydrogen-bond acceptors (Lipinski definition) is 2. The van der Waals surface area contributed by atoms with Gasteiger partial charge in [-0.1, -0.05) is 12.1 Å². The first-order chi connectivity index (χ1) is 6.38. The molecular formula is C10H15N2O2+. The van der Waals surface area contributed by atoms with Gasteiger partial charge in [0.2, 0.25) is 0 Å². The van der Waals surface area contributed by atoms with Gasteiger partial charge in [-0.05, 0) is 0 Å². The molecule has 0 saturated heterocycles. The Morgan fingerprint density at radius 1 is 1.36 bits per heavy atom. The molecular weight excluding hydrogens is 180 g/mol. The predicted octanol–water partition coefficient (Wildman–Crippen LogP) is 1.80. The summed E-state index contributed by atoms with van der Waals surface area (Å²) in [6.07, 6.45) is 0. The Hall–Kier alpha value is -1.42. The predicted molar refractivity (Wildman–Crippen MR) is 54.8 cm³/mol. The molecule has 0 fully saturated rings. The van der Waals surface area contributed by atoms with E-state index in [1.807, 2.05) is 6.07 Å². The Morgan fingerprint density at radius 2 is 2.00 bits per heavy atom. The number of nitro groups is 1. The number of benzene rings is 1. The molecule has 1 rings (SSSR count). The van der Waals surface area contributed by atoms with Gasteiger partial charge in [0.15, 0.2) is 0 Å². The van der Waals surface area contributed by atoms with E-state index in [0.29, 0.717) is 0 Å². The molecule has 0 N–H and O–H groups in total. The van der Waals surface area contributed by atoms with Gasteiger partial charge in [0.1, 0.15) is 6.54 Å². The minimum absolute atomic E-state index is 0.163. The van der Waals surface area contributed by atoms with Gasteiger partial charge in [0, 0.05) is 17.7 Å². The highest BCUT2D eigenvalue weighted by molar-refractivity contribution is 5.33. The Kier molecular flexibility index (Phi) is 2.86. The van der Waals surface area contributed by atoms with Crippen molar-refractivity contribution < 1.29 is 9.41 Å². The zero-order valence-electron chi connectivity index (χ0n) is 8.73. The fourth-order valence-corrected chi connectivity index (χ4v) is 1.32. The van der Waals surface area contributed by atoms with Crippen LogP contribution < -0.4 is 0 Å². The second kappa shape index (κ2) is 3.75. The third-order valence-electron chi connectivity index (χ3n) is 1.78. The van der Waals surface area contributed by atoms with E-state index in [4.69, 9.17) is 0 Å². The van der Waals surface area contributed by atoms with Crippen molar-refractivity contribution in [2.24, 2.45) is 0 Å². The molecule has 0 bridgehead atoms. The van der Waals surface area contributed by atoms with Crippen LogP contribution in [0, 0.1) is 10.1 Å². The normalized spacial score (nSPS) is 11.4. The van der Waals surface area contributed by atoms with Gasteiger partial charge >= 0.3 is 0 Å². The van der Waals surface area contributed by atoms with Gasteiger partial charge in [0.05, 0.1) is 26.1 Å². The van der Waals surface area contributed by atoms with Crippen molar-refractivity contribution in [1.82, 2.24) is 0 Å². The highest BCUT2D eigenvalue weighted by Crippen LogP contribution is 2.15. The fourth-order valence-electron chi connectivity index (χ4n) is 1.32. The van der Waals surface area contributed by atoms with E-state index in [1.165, 1.54) is 6.07 Å². The van der Waals surface area contributed by atoms with Crippen molar-refractivity contribution in [1.29, 1.82) is 0 Å². The van der Waals surface area contributed by atoms with Gasteiger partial charge in [-0.15, -0.1) is 0 Å². The number of non-ortho nitro benzene ring substituents is 1. The van der Waals surface area contributed by atoms with Crippen molar-refractivity contribution in [3.05, 3.63) is 39.9 Å². The summed E-state index contributed by atoms with van der Waals surface area (Å²) in [5.41, 5.74) is 1.16. The van der Waals surface area contributed by atoms with Crippen LogP contribution in [0.15, 0.2) is 24.3 Å². The molecule has 0 heterocycles. The standard InChI is InChI=1S/C10H15N2O2/c1-12(2,3)8-9-5-4-6-10(7-9)11(13)14/h4-7H,8H2,1-3H3/q+1. The van der Waals surface area contributed by atoms with E-state index in [2.05, 4.69) is 21.1 Å². The number of nitro benzene ring substituents is 1. The largest absolute Gasteiger partial charge is 0.327 e. The van der Waals surface area contributed by atoms with Crippen LogP contribution in [-0.4, -0.2) is 30.5 Å². The second-order valence-corrected chi connectivity index (χ2v) is 4.38. The molecule has 0 spiro atoms. The van der Waals surface area contributed by atoms with Crippen LogP contribution in [-0.2, 0) is 6.54 Å². The van der Waals surface area contributed by atoms with E-state index in [0.717, 1.165) is 16.6 Å². The molecule has 76 valence electrons. The first-order valence-corrected chi connectivity index (χ1v) is 4.42. The monoisotopic (exact) mass is 195 g/mol. The molecule has 4 heteroatoms. The number of nitrogens with zero attached hydrogens (tertiary/aromatic N) is 2. The van der Waals surface area contributed by atoms with E-state index in [9.17, 15) is 10.1 Å². The molecule has 0 radical (unpaired) electrons. The molecule has 4 nitrogen and oxygen atoms in total. The summed E-state index contributed by atoms with van der Waals surface area (Å²) in [4.78, 5) is 10.2. The molecule has 0 atom stereocenters. The number of quaternary nitrogens is 1. The summed E-state index contributed by atoms with van der Waals surface area (Å²) in [5.74, 6) is 0. The van der Waals surface area contributed by atoms with Crippen LogP contribution in [0.3, 0.4) is 0 Å². The number of rotatable bonds is 3. The third kappa shape index (κ3) is 3.14. The highest BCUT2D eigenvalue weighted by atomic mass is 16.6. The lowest BCUT2D eigenvalue weighted by Gasteiger charge is -2.23. The lowest BCUT2D eigenvalue weighted by atomic mass is 10.2. The summed E-state index contributed by atoms with van der Waals surface area (Å²) in [5, 5.41) is 10.5. The zero-order chi connectivity index (χ0) is 10.8. The summed E-state index contributed by atoms with van der Waals surface area (Å²) in [7, 11) is 6.16. The molecule has 0 unspecified atom stereocenters. The lowest BCUT2D eigenvalue weighted by Crippen LogP contribution is -2.33. The highest BCUT2D eigenvalue weighted by Gasteiger charge is 2.11. The van der Waals surface area contributed by atoms with Crippen LogP contribution >= 0.6 is 0 Å². The molecule has 0 aliphatic rings. The second-order valence-electron chi connectivity index (χ2n) is 4.38. The Labute approximate surface area is 83.5 Å². The van der Waals surface area contributed by atoms with Gasteiger partial charge < -0.3 is 4.48 Å². The Balaban J connectivity index is 2.89. The smallest absolute Gasteiger partial charge is 0.269 e. The summed E-state index contributed by atoms with van der Waals surface area (Å²) >= 11 is 0. The quantitative estimate of drug-likeness (QED) is 0.419. The molecule has 0 amide bonds. The van der Waals surface area contributed by atoms with Crippen LogP contribution in [0.4, 0.5) is 5.69 Å². The SMILES string of the molecule is C[N+](C)(C)Cc1cccc([N+](=O)[O-])c1. The average molecular weight is 195 g/mol. The topological polar surface area (TPSA) is 43.1 Å². The van der Waals surface area contributed by atoms with Crippen molar-refractivity contribution in [2.75, 3.05) is 21.1 Å². The van der Waals surface area contributed by atoms with E-state index in [-0.39, 0.29) is 10.6 Å². The van der Waals surface area contributed by atoms with Gasteiger partial charge in [-0.2, -0.15) is 0 Å². The summed E-state index contributed by atoms with van der Waals surface area (Å²) in [6, 6.07) is 6.78. The molecule has 0 aliphatic heterocycles.